The summed E-state index contributed by atoms with van der Waals surface area (Å²) in [7, 11) is 0. The molecule has 2 fully saturated rings. The lowest BCUT2D eigenvalue weighted by molar-refractivity contribution is 0.214. The molecule has 100 valence electrons. The van der Waals surface area contributed by atoms with Crippen LogP contribution in [0.2, 0.25) is 0 Å². The minimum atomic E-state index is -0.546. The van der Waals surface area contributed by atoms with Crippen LogP contribution in [0.15, 0.2) is 21.6 Å². The zero-order valence-electron chi connectivity index (χ0n) is 10.1. The summed E-state index contributed by atoms with van der Waals surface area (Å²) in [6, 6.07) is 2.58. The molecule has 0 radical (unpaired) electrons. The van der Waals surface area contributed by atoms with Crippen LogP contribution in [0.25, 0.3) is 0 Å². The molecule has 1 aliphatic carbocycles. The lowest BCUT2D eigenvalue weighted by Gasteiger charge is -2.39. The van der Waals surface area contributed by atoms with Gasteiger partial charge in [0.15, 0.2) is 0 Å². The maximum Gasteiger partial charge on any atom is 0.140 e. The van der Waals surface area contributed by atoms with Gasteiger partial charge in [0.1, 0.15) is 11.6 Å². The predicted molar refractivity (Wildman–Crippen MR) is 76.5 cm³/mol. The van der Waals surface area contributed by atoms with E-state index in [1.807, 2.05) is 11.8 Å². The summed E-state index contributed by atoms with van der Waals surface area (Å²) in [6.45, 7) is 0. The largest absolute Gasteiger partial charge is 0.270 e. The van der Waals surface area contributed by atoms with Crippen molar-refractivity contribution in [3.63, 3.8) is 0 Å². The Hall–Kier alpha value is -0.420. The predicted octanol–water partition coefficient (Wildman–Crippen LogP) is 4.64. The second-order valence-electron chi connectivity index (χ2n) is 5.51. The van der Waals surface area contributed by atoms with Crippen molar-refractivity contribution in [1.82, 2.24) is 0 Å². The molecule has 0 spiro atoms. The topological polar surface area (TPSA) is 12.4 Å². The van der Waals surface area contributed by atoms with E-state index in [2.05, 4.69) is 15.9 Å². The van der Waals surface area contributed by atoms with Gasteiger partial charge in [-0.05, 0) is 34.8 Å². The van der Waals surface area contributed by atoms with Gasteiger partial charge in [0, 0.05) is 17.5 Å². The number of hydrogen-bond acceptors (Lipinski definition) is 2. The Balaban J connectivity index is 1.88. The Bertz CT molecular complexity index is 603. The van der Waals surface area contributed by atoms with Gasteiger partial charge in [-0.15, -0.1) is 0 Å². The number of thioether (sulfide) groups is 1. The number of benzene rings is 1. The Morgan fingerprint density at radius 3 is 2.95 bits per heavy atom. The van der Waals surface area contributed by atoms with Gasteiger partial charge in [-0.1, -0.05) is 24.6 Å². The van der Waals surface area contributed by atoms with E-state index in [1.54, 1.807) is 6.07 Å². The molecule has 2 aliphatic heterocycles. The number of nitrogens with zero attached hydrogens (tertiary/aromatic N) is 1. The van der Waals surface area contributed by atoms with Crippen molar-refractivity contribution in [1.29, 1.82) is 0 Å². The van der Waals surface area contributed by atoms with Gasteiger partial charge >= 0.3 is 0 Å². The fourth-order valence-electron chi connectivity index (χ4n) is 3.61. The first-order valence-corrected chi connectivity index (χ1v) is 8.20. The van der Waals surface area contributed by atoms with Crippen LogP contribution in [0.1, 0.15) is 31.2 Å². The second-order valence-corrected chi connectivity index (χ2v) is 7.53. The Kier molecular flexibility index (Phi) is 2.62. The number of hydrogen-bond donors (Lipinski definition) is 0. The van der Waals surface area contributed by atoms with Crippen molar-refractivity contribution in [2.24, 2.45) is 10.9 Å². The summed E-state index contributed by atoms with van der Waals surface area (Å²) < 4.78 is 28.0. The van der Waals surface area contributed by atoms with Gasteiger partial charge in [-0.3, -0.25) is 4.99 Å². The zero-order valence-corrected chi connectivity index (χ0v) is 12.5. The molecule has 19 heavy (non-hydrogen) atoms. The van der Waals surface area contributed by atoms with Crippen molar-refractivity contribution in [2.75, 3.05) is 0 Å². The Labute approximate surface area is 123 Å². The molecular weight excluding hydrogens is 332 g/mol. The van der Waals surface area contributed by atoms with E-state index in [-0.39, 0.29) is 0 Å². The van der Waals surface area contributed by atoms with Crippen LogP contribution in [0, 0.1) is 17.6 Å². The normalized spacial score (nSPS) is 35.6. The van der Waals surface area contributed by atoms with Gasteiger partial charge in [-0.2, -0.15) is 0 Å². The van der Waals surface area contributed by atoms with Crippen molar-refractivity contribution in [3.05, 3.63) is 33.8 Å². The second kappa shape index (κ2) is 4.04. The molecule has 3 aliphatic rings. The van der Waals surface area contributed by atoms with Crippen LogP contribution in [0.4, 0.5) is 8.78 Å². The van der Waals surface area contributed by atoms with Crippen LogP contribution < -0.4 is 0 Å². The van der Waals surface area contributed by atoms with E-state index in [1.165, 1.54) is 11.5 Å². The zero-order chi connectivity index (χ0) is 13.2. The van der Waals surface area contributed by atoms with E-state index in [4.69, 9.17) is 4.99 Å². The lowest BCUT2D eigenvalue weighted by atomic mass is 9.69. The molecular formula is C14H12BrF2NS. The fraction of sp³-hybridized carbons (Fsp3) is 0.500. The van der Waals surface area contributed by atoms with E-state index in [0.29, 0.717) is 21.2 Å². The van der Waals surface area contributed by atoms with E-state index < -0.39 is 17.2 Å². The SMILES string of the molecule is Fc1cc(F)c([C@]23CCCC[C@H]2C2SC2=N3)cc1Br. The van der Waals surface area contributed by atoms with E-state index in [0.717, 1.165) is 25.3 Å². The van der Waals surface area contributed by atoms with Crippen LogP contribution in [-0.4, -0.2) is 10.3 Å². The maximum absolute atomic E-state index is 14.3. The number of halogens is 3. The third kappa shape index (κ3) is 1.67. The third-order valence-corrected chi connectivity index (χ3v) is 6.27. The first-order chi connectivity index (χ1) is 9.12. The van der Waals surface area contributed by atoms with Crippen LogP contribution in [-0.2, 0) is 5.54 Å². The molecule has 5 heteroatoms. The van der Waals surface area contributed by atoms with Gasteiger partial charge in [0.25, 0.3) is 0 Å². The first-order valence-electron chi connectivity index (χ1n) is 6.53. The standard InChI is InChI=1S/C14H12BrF2NS/c15-9-5-8(10(16)6-11(9)17)14-4-2-1-3-7(14)12-13(18-14)19-12/h5-7,12H,1-4H2/t7-,12?,14-/m0/s1. The molecule has 1 saturated heterocycles. The summed E-state index contributed by atoms with van der Waals surface area (Å²) in [5, 5.41) is 1.66. The molecule has 0 aromatic heterocycles. The molecule has 1 aromatic carbocycles. The van der Waals surface area contributed by atoms with Crippen molar-refractivity contribution >= 4 is 32.7 Å². The maximum atomic E-state index is 14.3. The summed E-state index contributed by atoms with van der Waals surface area (Å²) in [6.07, 6.45) is 4.24. The molecule has 2 heterocycles. The van der Waals surface area contributed by atoms with Crippen molar-refractivity contribution < 1.29 is 8.78 Å². The molecule has 4 rings (SSSR count). The minimum Gasteiger partial charge on any atom is -0.270 e. The highest BCUT2D eigenvalue weighted by atomic mass is 79.9. The Morgan fingerprint density at radius 1 is 1.26 bits per heavy atom. The summed E-state index contributed by atoms with van der Waals surface area (Å²) >= 11 is 4.98. The molecule has 1 aromatic rings. The monoisotopic (exact) mass is 343 g/mol. The smallest absolute Gasteiger partial charge is 0.140 e. The van der Waals surface area contributed by atoms with Gasteiger partial charge < -0.3 is 0 Å². The van der Waals surface area contributed by atoms with Crippen LogP contribution in [0.3, 0.4) is 0 Å². The summed E-state index contributed by atoms with van der Waals surface area (Å²) in [5.74, 6) is -0.605. The van der Waals surface area contributed by atoms with Crippen molar-refractivity contribution in [2.45, 2.75) is 36.5 Å². The summed E-state index contributed by atoms with van der Waals surface area (Å²) in [4.78, 5) is 4.81. The van der Waals surface area contributed by atoms with Gasteiger partial charge in [-0.25, -0.2) is 8.78 Å². The highest BCUT2D eigenvalue weighted by Crippen LogP contribution is 2.62. The quantitative estimate of drug-likeness (QED) is 0.534. The van der Waals surface area contributed by atoms with E-state index >= 15 is 0 Å². The molecule has 1 saturated carbocycles. The van der Waals surface area contributed by atoms with Crippen molar-refractivity contribution in [3.8, 4) is 0 Å². The van der Waals surface area contributed by atoms with Gasteiger partial charge in [0.05, 0.1) is 20.3 Å². The number of fused-ring (bicyclic) bond motifs is 3. The highest BCUT2D eigenvalue weighted by molar-refractivity contribution is 9.10. The minimum absolute atomic E-state index is 0.330. The number of rotatable bonds is 1. The average molecular weight is 344 g/mol. The third-order valence-electron chi connectivity index (χ3n) is 4.52. The summed E-state index contributed by atoms with van der Waals surface area (Å²) in [5.41, 5.74) is 0.148. The van der Waals surface area contributed by atoms with Crippen LogP contribution in [0.5, 0.6) is 0 Å². The Morgan fingerprint density at radius 2 is 2.11 bits per heavy atom. The highest BCUT2D eigenvalue weighted by Gasteiger charge is 2.60. The molecule has 0 bridgehead atoms. The average Bonchev–Trinajstić information content (AvgIpc) is 3.06. The number of aliphatic imine (C=N–C) groups is 1. The van der Waals surface area contributed by atoms with Crippen LogP contribution >= 0.6 is 27.7 Å². The lowest BCUT2D eigenvalue weighted by Crippen LogP contribution is -2.37. The van der Waals surface area contributed by atoms with Gasteiger partial charge in [0.2, 0.25) is 0 Å². The molecule has 1 unspecified atom stereocenters. The first kappa shape index (κ1) is 12.3. The fourth-order valence-corrected chi connectivity index (χ4v) is 5.10. The molecule has 3 atom stereocenters. The van der Waals surface area contributed by atoms with E-state index in [9.17, 15) is 8.78 Å². The molecule has 0 N–H and O–H groups in total. The molecule has 0 amide bonds. The molecule has 1 nitrogen and oxygen atoms in total.